The summed E-state index contributed by atoms with van der Waals surface area (Å²) in [4.78, 5) is 10.8. The Morgan fingerprint density at radius 1 is 0.720 bits per heavy atom. The van der Waals surface area contributed by atoms with Crippen LogP contribution in [0, 0.1) is 0 Å². The molecule has 1 aromatic carbocycles. The Morgan fingerprint density at radius 3 is 1.76 bits per heavy atom. The Balaban J connectivity index is 1.68. The Morgan fingerprint density at radius 2 is 1.24 bits per heavy atom. The smallest absolute Gasteiger partial charge is 0.0271 e. The molecule has 0 spiro atoms. The molecule has 0 aliphatic heterocycles. The van der Waals surface area contributed by atoms with E-state index in [1.165, 1.54) is 16.7 Å². The average Bonchev–Trinajstić information content (AvgIpc) is 2.68. The molecule has 0 saturated carbocycles. The maximum absolute atomic E-state index is 4.13. The van der Waals surface area contributed by atoms with E-state index in [4.69, 9.17) is 0 Å². The summed E-state index contributed by atoms with van der Waals surface area (Å²) < 4.78 is 0. The molecule has 0 aliphatic rings. The van der Waals surface area contributed by atoms with E-state index in [1.54, 1.807) is 0 Å². The lowest BCUT2D eigenvalue weighted by molar-refractivity contribution is 0.182. The van der Waals surface area contributed by atoms with Gasteiger partial charge in [-0.3, -0.25) is 14.9 Å². The lowest BCUT2D eigenvalue weighted by Gasteiger charge is -2.29. The van der Waals surface area contributed by atoms with Gasteiger partial charge < -0.3 is 0 Å². The van der Waals surface area contributed by atoms with Gasteiger partial charge >= 0.3 is 0 Å². The molecule has 128 valence electrons. The number of nitrogens with zero attached hydrogens (tertiary/aromatic N) is 3. The first kappa shape index (κ1) is 17.3. The number of aromatic nitrogens is 2. The van der Waals surface area contributed by atoms with Gasteiger partial charge in [0.25, 0.3) is 0 Å². The van der Waals surface area contributed by atoms with Crippen molar-refractivity contribution in [1.29, 1.82) is 0 Å². The molecule has 0 fully saturated rings. The van der Waals surface area contributed by atoms with E-state index >= 15 is 0 Å². The van der Waals surface area contributed by atoms with Crippen LogP contribution in [0.1, 0.15) is 30.0 Å². The molecule has 3 aromatic rings. The fourth-order valence-corrected chi connectivity index (χ4v) is 3.02. The molecule has 0 saturated heterocycles. The summed E-state index contributed by atoms with van der Waals surface area (Å²) >= 11 is 0. The van der Waals surface area contributed by atoms with Gasteiger partial charge in [-0.2, -0.15) is 0 Å². The van der Waals surface area contributed by atoms with Gasteiger partial charge in [-0.15, -0.1) is 0 Å². The number of aryl methyl sites for hydroxylation is 1. The number of rotatable bonds is 8. The Labute approximate surface area is 150 Å². The zero-order valence-electron chi connectivity index (χ0n) is 14.8. The second kappa shape index (κ2) is 9.09. The normalized spacial score (nSPS) is 12.2. The number of benzene rings is 1. The van der Waals surface area contributed by atoms with Crippen LogP contribution >= 0.6 is 0 Å². The van der Waals surface area contributed by atoms with Crippen LogP contribution in [0.15, 0.2) is 79.4 Å². The molecule has 0 amide bonds. The minimum Gasteiger partial charge on any atom is -0.292 e. The third-order valence-electron chi connectivity index (χ3n) is 4.59. The molecule has 3 heteroatoms. The highest BCUT2D eigenvalue weighted by molar-refractivity contribution is 5.15. The quantitative estimate of drug-likeness (QED) is 0.608. The van der Waals surface area contributed by atoms with Crippen LogP contribution in [0.3, 0.4) is 0 Å². The molecule has 1 unspecified atom stereocenters. The van der Waals surface area contributed by atoms with Crippen LogP contribution in [0.25, 0.3) is 0 Å². The molecular weight excluding hydrogens is 306 g/mol. The van der Waals surface area contributed by atoms with E-state index in [9.17, 15) is 0 Å². The van der Waals surface area contributed by atoms with E-state index in [2.05, 4.69) is 76.4 Å². The van der Waals surface area contributed by atoms with Crippen molar-refractivity contribution in [3.05, 3.63) is 96.1 Å². The van der Waals surface area contributed by atoms with E-state index in [0.29, 0.717) is 6.04 Å². The fourth-order valence-electron chi connectivity index (χ4n) is 3.02. The maximum Gasteiger partial charge on any atom is 0.0271 e. The molecule has 0 aliphatic carbocycles. The highest BCUT2D eigenvalue weighted by Gasteiger charge is 2.15. The van der Waals surface area contributed by atoms with Crippen molar-refractivity contribution in [2.75, 3.05) is 0 Å². The first-order chi connectivity index (χ1) is 12.3. The third kappa shape index (κ3) is 5.50. The van der Waals surface area contributed by atoms with Gasteiger partial charge in [0.05, 0.1) is 0 Å². The van der Waals surface area contributed by atoms with Crippen LogP contribution < -0.4 is 0 Å². The van der Waals surface area contributed by atoms with Crippen LogP contribution in [-0.4, -0.2) is 20.9 Å². The van der Waals surface area contributed by atoms with E-state index in [0.717, 1.165) is 25.9 Å². The standard InChI is InChI=1S/C22H25N3/c1-19(7-8-20-5-3-2-4-6-20)25(17-21-9-13-23-14-10-21)18-22-11-15-24-16-12-22/h2-6,9-16,19H,7-8,17-18H2,1H3. The minimum atomic E-state index is 0.488. The van der Waals surface area contributed by atoms with Crippen molar-refractivity contribution < 1.29 is 0 Å². The van der Waals surface area contributed by atoms with Crippen molar-refractivity contribution in [3.63, 3.8) is 0 Å². The lowest BCUT2D eigenvalue weighted by Crippen LogP contribution is -2.32. The summed E-state index contributed by atoms with van der Waals surface area (Å²) in [6.07, 6.45) is 9.72. The van der Waals surface area contributed by atoms with Gasteiger partial charge in [0, 0.05) is 43.9 Å². The molecule has 2 heterocycles. The summed E-state index contributed by atoms with van der Waals surface area (Å²) in [6.45, 7) is 4.19. The van der Waals surface area contributed by atoms with Crippen molar-refractivity contribution in [1.82, 2.24) is 14.9 Å². The first-order valence-electron chi connectivity index (χ1n) is 8.87. The molecule has 3 nitrogen and oxygen atoms in total. The summed E-state index contributed by atoms with van der Waals surface area (Å²) in [5.41, 5.74) is 4.01. The largest absolute Gasteiger partial charge is 0.292 e. The average molecular weight is 331 g/mol. The van der Waals surface area contributed by atoms with Crippen molar-refractivity contribution in [3.8, 4) is 0 Å². The van der Waals surface area contributed by atoms with Gasteiger partial charge in [-0.1, -0.05) is 30.3 Å². The maximum atomic E-state index is 4.13. The highest BCUT2D eigenvalue weighted by atomic mass is 15.1. The monoisotopic (exact) mass is 331 g/mol. The first-order valence-corrected chi connectivity index (χ1v) is 8.87. The SMILES string of the molecule is CC(CCc1ccccc1)N(Cc1ccncc1)Cc1ccncc1. The summed E-state index contributed by atoms with van der Waals surface area (Å²) in [5.74, 6) is 0. The Bertz CT molecular complexity index is 687. The summed E-state index contributed by atoms with van der Waals surface area (Å²) in [5, 5.41) is 0. The van der Waals surface area contributed by atoms with Crippen molar-refractivity contribution >= 4 is 0 Å². The van der Waals surface area contributed by atoms with Crippen LogP contribution in [0.4, 0.5) is 0 Å². The predicted octanol–water partition coefficient (Wildman–Crippen LogP) is 4.50. The molecular formula is C22H25N3. The van der Waals surface area contributed by atoms with E-state index < -0.39 is 0 Å². The fraction of sp³-hybridized carbons (Fsp3) is 0.273. The molecule has 25 heavy (non-hydrogen) atoms. The van der Waals surface area contributed by atoms with Crippen LogP contribution in [-0.2, 0) is 19.5 Å². The van der Waals surface area contributed by atoms with Gasteiger partial charge in [-0.25, -0.2) is 0 Å². The topological polar surface area (TPSA) is 29.0 Å². The Kier molecular flexibility index (Phi) is 6.29. The van der Waals surface area contributed by atoms with Crippen LogP contribution in [0.5, 0.6) is 0 Å². The lowest BCUT2D eigenvalue weighted by atomic mass is 10.0. The molecule has 0 radical (unpaired) electrons. The zero-order chi connectivity index (χ0) is 17.3. The van der Waals surface area contributed by atoms with E-state index in [-0.39, 0.29) is 0 Å². The number of pyridine rings is 2. The number of hydrogen-bond acceptors (Lipinski definition) is 3. The van der Waals surface area contributed by atoms with Crippen molar-refractivity contribution in [2.24, 2.45) is 0 Å². The highest BCUT2D eigenvalue weighted by Crippen LogP contribution is 2.16. The van der Waals surface area contributed by atoms with Crippen LogP contribution in [0.2, 0.25) is 0 Å². The van der Waals surface area contributed by atoms with Gasteiger partial charge in [0.2, 0.25) is 0 Å². The molecule has 0 N–H and O–H groups in total. The number of hydrogen-bond donors (Lipinski definition) is 0. The van der Waals surface area contributed by atoms with Crippen molar-refractivity contribution in [2.45, 2.75) is 38.9 Å². The molecule has 1 atom stereocenters. The van der Waals surface area contributed by atoms with E-state index in [1.807, 2.05) is 24.8 Å². The molecule has 2 aromatic heterocycles. The van der Waals surface area contributed by atoms with Gasteiger partial charge in [0.15, 0.2) is 0 Å². The second-order valence-corrected chi connectivity index (χ2v) is 6.49. The van der Waals surface area contributed by atoms with Gasteiger partial charge in [0.1, 0.15) is 0 Å². The van der Waals surface area contributed by atoms with Gasteiger partial charge in [-0.05, 0) is 60.7 Å². The third-order valence-corrected chi connectivity index (χ3v) is 4.59. The summed E-state index contributed by atoms with van der Waals surface area (Å²) in [6, 6.07) is 19.6. The summed E-state index contributed by atoms with van der Waals surface area (Å²) in [7, 11) is 0. The molecule has 3 rings (SSSR count). The Hall–Kier alpha value is -2.52. The second-order valence-electron chi connectivity index (χ2n) is 6.49. The predicted molar refractivity (Wildman–Crippen MR) is 102 cm³/mol. The zero-order valence-corrected chi connectivity index (χ0v) is 14.8. The minimum absolute atomic E-state index is 0.488. The molecule has 0 bridgehead atoms.